The van der Waals surface area contributed by atoms with Crippen molar-refractivity contribution < 1.29 is 23.9 Å². The predicted molar refractivity (Wildman–Crippen MR) is 129 cm³/mol. The van der Waals surface area contributed by atoms with Crippen LogP contribution in [0.1, 0.15) is 46.0 Å². The van der Waals surface area contributed by atoms with Gasteiger partial charge in [0.1, 0.15) is 17.0 Å². The van der Waals surface area contributed by atoms with E-state index in [0.717, 1.165) is 11.1 Å². The summed E-state index contributed by atoms with van der Waals surface area (Å²) in [5.74, 6) is -0.892. The van der Waals surface area contributed by atoms with Crippen LogP contribution >= 0.6 is 0 Å². The number of nitrogens with zero attached hydrogens (tertiary/aromatic N) is 3. The summed E-state index contributed by atoms with van der Waals surface area (Å²) in [7, 11) is 2.81. The van der Waals surface area contributed by atoms with Crippen molar-refractivity contribution >= 4 is 23.5 Å². The molecule has 2 heterocycles. The minimum atomic E-state index is -1.30. The van der Waals surface area contributed by atoms with Gasteiger partial charge in [-0.2, -0.15) is 0 Å². The summed E-state index contributed by atoms with van der Waals surface area (Å²) in [4.78, 5) is 45.6. The Morgan fingerprint density at radius 2 is 1.77 bits per heavy atom. The molecule has 9 nitrogen and oxygen atoms in total. The molecule has 0 saturated heterocycles. The highest BCUT2D eigenvalue weighted by molar-refractivity contribution is 6.15. The minimum Gasteiger partial charge on any atom is -0.496 e. The number of imidazole rings is 1. The van der Waals surface area contributed by atoms with Gasteiger partial charge in [0, 0.05) is 17.8 Å². The molecule has 0 saturated carbocycles. The number of esters is 1. The summed E-state index contributed by atoms with van der Waals surface area (Å²) in [5, 5.41) is 2.98. The summed E-state index contributed by atoms with van der Waals surface area (Å²) in [6.07, 6.45) is 2.05. The van der Waals surface area contributed by atoms with Crippen molar-refractivity contribution in [2.75, 3.05) is 19.1 Å². The van der Waals surface area contributed by atoms with Crippen LogP contribution in [-0.4, -0.2) is 47.1 Å². The van der Waals surface area contributed by atoms with E-state index in [0.29, 0.717) is 17.9 Å². The second-order valence-electron chi connectivity index (χ2n) is 8.45. The van der Waals surface area contributed by atoms with Gasteiger partial charge in [0.2, 0.25) is 5.91 Å². The minimum absolute atomic E-state index is 0.0760. The molecule has 1 aliphatic heterocycles. The SMILES string of the molecule is CCc1ccccc1N1C(=O)c2c(C(=O)OC)ncn2C[C@@]1(C)C(=O)NCc1ccccc1OC. The molecule has 4 rings (SSSR count). The van der Waals surface area contributed by atoms with Gasteiger partial charge in [-0.1, -0.05) is 43.3 Å². The largest absolute Gasteiger partial charge is 0.496 e. The fraction of sp³-hybridized carbons (Fsp3) is 0.308. The third-order valence-electron chi connectivity index (χ3n) is 6.33. The van der Waals surface area contributed by atoms with E-state index in [1.54, 1.807) is 18.6 Å². The number of hydrogen-bond acceptors (Lipinski definition) is 6. The van der Waals surface area contributed by atoms with E-state index in [4.69, 9.17) is 9.47 Å². The zero-order valence-electron chi connectivity index (χ0n) is 20.2. The summed E-state index contributed by atoms with van der Waals surface area (Å²) < 4.78 is 11.8. The Morgan fingerprint density at radius 3 is 2.46 bits per heavy atom. The molecule has 0 aliphatic carbocycles. The maximum Gasteiger partial charge on any atom is 0.359 e. The lowest BCUT2D eigenvalue weighted by Gasteiger charge is -2.44. The molecule has 1 aromatic heterocycles. The van der Waals surface area contributed by atoms with Crippen LogP contribution < -0.4 is 15.0 Å². The van der Waals surface area contributed by atoms with Crippen LogP contribution in [0.25, 0.3) is 0 Å². The van der Waals surface area contributed by atoms with Crippen LogP contribution in [0.2, 0.25) is 0 Å². The number of hydrogen-bond donors (Lipinski definition) is 1. The van der Waals surface area contributed by atoms with E-state index in [1.165, 1.54) is 18.3 Å². The average molecular weight is 477 g/mol. The Bertz CT molecular complexity index is 1280. The number of fused-ring (bicyclic) bond motifs is 1. The van der Waals surface area contributed by atoms with Gasteiger partial charge in [-0.05, 0) is 31.0 Å². The maximum absolute atomic E-state index is 13.9. The molecule has 182 valence electrons. The molecule has 1 aliphatic rings. The van der Waals surface area contributed by atoms with Crippen molar-refractivity contribution in [1.82, 2.24) is 14.9 Å². The van der Waals surface area contributed by atoms with Gasteiger partial charge < -0.3 is 19.4 Å². The van der Waals surface area contributed by atoms with Crippen LogP contribution in [0.5, 0.6) is 5.75 Å². The van der Waals surface area contributed by atoms with Gasteiger partial charge in [0.25, 0.3) is 5.91 Å². The maximum atomic E-state index is 13.9. The highest BCUT2D eigenvalue weighted by Gasteiger charge is 2.50. The Kier molecular flexibility index (Phi) is 6.59. The summed E-state index contributed by atoms with van der Waals surface area (Å²) in [5.41, 5.74) is 1.04. The van der Waals surface area contributed by atoms with E-state index in [9.17, 15) is 14.4 Å². The molecule has 35 heavy (non-hydrogen) atoms. The Balaban J connectivity index is 1.78. The monoisotopic (exact) mass is 476 g/mol. The van der Waals surface area contributed by atoms with Crippen molar-refractivity contribution in [3.63, 3.8) is 0 Å². The lowest BCUT2D eigenvalue weighted by atomic mass is 9.92. The molecular weight excluding hydrogens is 448 g/mol. The first kappa shape index (κ1) is 24.0. The second-order valence-corrected chi connectivity index (χ2v) is 8.45. The number of aryl methyl sites for hydroxylation is 1. The van der Waals surface area contributed by atoms with Gasteiger partial charge in [-0.25, -0.2) is 9.78 Å². The van der Waals surface area contributed by atoms with E-state index in [-0.39, 0.29) is 30.4 Å². The van der Waals surface area contributed by atoms with Crippen molar-refractivity contribution in [1.29, 1.82) is 0 Å². The molecule has 0 radical (unpaired) electrons. The number of benzene rings is 2. The fourth-order valence-electron chi connectivity index (χ4n) is 4.50. The molecule has 0 bridgehead atoms. The van der Waals surface area contributed by atoms with Gasteiger partial charge in [-0.3, -0.25) is 14.5 Å². The number of amides is 2. The van der Waals surface area contributed by atoms with Crippen LogP contribution in [0, 0.1) is 0 Å². The second kappa shape index (κ2) is 9.61. The first-order valence-corrected chi connectivity index (χ1v) is 11.3. The van der Waals surface area contributed by atoms with Crippen molar-refractivity contribution in [3.05, 3.63) is 77.4 Å². The fourth-order valence-corrected chi connectivity index (χ4v) is 4.50. The first-order valence-electron chi connectivity index (χ1n) is 11.3. The standard InChI is InChI=1S/C26H28N4O5/c1-5-17-10-6-8-12-19(17)30-23(31)22-21(24(32)35-4)28-16-29(22)15-26(30,2)25(33)27-14-18-11-7-9-13-20(18)34-3/h6-13,16H,5,14-15H2,1-4H3,(H,27,33)/t26-/m0/s1. The molecule has 9 heteroatoms. The lowest BCUT2D eigenvalue weighted by Crippen LogP contribution is -2.64. The van der Waals surface area contributed by atoms with Gasteiger partial charge in [-0.15, -0.1) is 0 Å². The first-order chi connectivity index (χ1) is 16.8. The zero-order chi connectivity index (χ0) is 25.2. The summed E-state index contributed by atoms with van der Waals surface area (Å²) in [6, 6.07) is 14.9. The number of aromatic nitrogens is 2. The van der Waals surface area contributed by atoms with Gasteiger partial charge in [0.15, 0.2) is 5.69 Å². The topological polar surface area (TPSA) is 103 Å². The quantitative estimate of drug-likeness (QED) is 0.526. The zero-order valence-corrected chi connectivity index (χ0v) is 20.2. The van der Waals surface area contributed by atoms with Crippen molar-refractivity contribution in [2.45, 2.75) is 38.9 Å². The Morgan fingerprint density at radius 1 is 1.09 bits per heavy atom. The number of carbonyl (C=O) groups is 3. The van der Waals surface area contributed by atoms with Crippen LogP contribution in [0.3, 0.4) is 0 Å². The summed E-state index contributed by atoms with van der Waals surface area (Å²) in [6.45, 7) is 4.03. The normalized spacial score (nSPS) is 17.0. The lowest BCUT2D eigenvalue weighted by molar-refractivity contribution is -0.126. The summed E-state index contributed by atoms with van der Waals surface area (Å²) >= 11 is 0. The number of para-hydroxylation sites is 2. The highest BCUT2D eigenvalue weighted by Crippen LogP contribution is 2.36. The molecule has 0 spiro atoms. The van der Waals surface area contributed by atoms with Crippen molar-refractivity contribution in [2.24, 2.45) is 0 Å². The van der Waals surface area contributed by atoms with Crippen LogP contribution in [-0.2, 0) is 29.0 Å². The van der Waals surface area contributed by atoms with Crippen LogP contribution in [0.15, 0.2) is 54.9 Å². The number of nitrogens with one attached hydrogen (secondary N) is 1. The number of rotatable bonds is 7. The van der Waals surface area contributed by atoms with Gasteiger partial charge >= 0.3 is 5.97 Å². The van der Waals surface area contributed by atoms with E-state index < -0.39 is 17.4 Å². The molecule has 2 aromatic carbocycles. The number of ether oxygens (including phenoxy) is 2. The predicted octanol–water partition coefficient (Wildman–Crippen LogP) is 2.98. The smallest absolute Gasteiger partial charge is 0.359 e. The van der Waals surface area contributed by atoms with E-state index in [1.807, 2.05) is 55.5 Å². The van der Waals surface area contributed by atoms with Crippen molar-refractivity contribution in [3.8, 4) is 5.75 Å². The molecular formula is C26H28N4O5. The molecule has 2 amide bonds. The van der Waals surface area contributed by atoms with Gasteiger partial charge in [0.05, 0.1) is 27.1 Å². The van der Waals surface area contributed by atoms with Crippen LogP contribution in [0.4, 0.5) is 5.69 Å². The van der Waals surface area contributed by atoms with E-state index >= 15 is 0 Å². The number of anilines is 1. The molecule has 1 N–H and O–H groups in total. The molecule has 0 fully saturated rings. The molecule has 3 aromatic rings. The Labute approximate surface area is 203 Å². The number of methoxy groups -OCH3 is 2. The molecule has 0 unspecified atom stereocenters. The van der Waals surface area contributed by atoms with E-state index in [2.05, 4.69) is 10.3 Å². The third-order valence-corrected chi connectivity index (χ3v) is 6.33. The Hall–Kier alpha value is -4.14. The highest BCUT2D eigenvalue weighted by atomic mass is 16.5. The number of carbonyl (C=O) groups excluding carboxylic acids is 3. The average Bonchev–Trinajstić information content (AvgIpc) is 3.30. The molecule has 1 atom stereocenters. The third kappa shape index (κ3) is 4.14.